The molecular weight excluding hydrogens is 331 g/mol. The van der Waals surface area contributed by atoms with Crippen LogP contribution in [0.25, 0.3) is 0 Å². The highest BCUT2D eigenvalue weighted by molar-refractivity contribution is 8.26. The summed E-state index contributed by atoms with van der Waals surface area (Å²) in [6.45, 7) is 0.733. The van der Waals surface area contributed by atoms with Crippen LogP contribution in [0.2, 0.25) is 0 Å². The molecule has 1 atom stereocenters. The second-order valence-electron chi connectivity index (χ2n) is 5.57. The Morgan fingerprint density at radius 1 is 1.12 bits per heavy atom. The third kappa shape index (κ3) is 3.08. The van der Waals surface area contributed by atoms with E-state index in [2.05, 4.69) is 5.32 Å². The van der Waals surface area contributed by atoms with E-state index in [0.29, 0.717) is 24.3 Å². The summed E-state index contributed by atoms with van der Waals surface area (Å²) in [6.07, 6.45) is 1.16. The predicted octanol–water partition coefficient (Wildman–Crippen LogP) is 4.35. The molecule has 2 aromatic rings. The minimum Gasteiger partial charge on any atom is -0.467 e. The molecule has 5 nitrogen and oxygen atoms in total. The Hall–Kier alpha value is -1.80. The molecular formula is C17H21FN2O3S. The van der Waals surface area contributed by atoms with Gasteiger partial charge in [0.2, 0.25) is 5.44 Å². The van der Waals surface area contributed by atoms with Crippen LogP contribution >= 0.6 is 10.8 Å². The maximum absolute atomic E-state index is 14.3. The number of rotatable bonds is 5. The second kappa shape index (κ2) is 6.98. The summed E-state index contributed by atoms with van der Waals surface area (Å²) in [5.74, 6) is 0.00425. The van der Waals surface area contributed by atoms with Gasteiger partial charge in [-0.2, -0.15) is 0 Å². The Balaban J connectivity index is 2.05. The topological polar surface area (TPSA) is 65.0 Å². The highest BCUT2D eigenvalue weighted by Gasteiger charge is 2.41. The first-order valence-corrected chi connectivity index (χ1v) is 9.34. The first-order valence-electron chi connectivity index (χ1n) is 7.78. The van der Waals surface area contributed by atoms with Crippen LogP contribution in [0, 0.1) is 5.82 Å². The van der Waals surface area contributed by atoms with Crippen LogP contribution in [0.4, 0.5) is 15.8 Å². The van der Waals surface area contributed by atoms with Crippen LogP contribution in [-0.2, 0) is 0 Å². The van der Waals surface area contributed by atoms with Gasteiger partial charge >= 0.3 is 0 Å². The number of nitrogens with one attached hydrogen (secondary N) is 1. The van der Waals surface area contributed by atoms with E-state index in [1.54, 1.807) is 36.4 Å². The largest absolute Gasteiger partial charge is 0.467 e. The lowest BCUT2D eigenvalue weighted by Gasteiger charge is -2.51. The molecule has 1 heterocycles. The number of halogens is 1. The van der Waals surface area contributed by atoms with Crippen molar-refractivity contribution in [2.45, 2.75) is 18.3 Å². The molecule has 0 radical (unpaired) electrons. The summed E-state index contributed by atoms with van der Waals surface area (Å²) in [5.41, 5.74) is -0.236. The molecule has 1 aliphatic rings. The highest BCUT2D eigenvalue weighted by Crippen LogP contribution is 2.61. The van der Waals surface area contributed by atoms with Gasteiger partial charge in [0.05, 0.1) is 5.69 Å². The fourth-order valence-electron chi connectivity index (χ4n) is 2.75. The van der Waals surface area contributed by atoms with Crippen LogP contribution in [0.15, 0.2) is 48.5 Å². The van der Waals surface area contributed by atoms with Gasteiger partial charge in [0.15, 0.2) is 0 Å². The molecule has 1 aliphatic heterocycles. The van der Waals surface area contributed by atoms with Crippen molar-refractivity contribution >= 4 is 22.2 Å². The van der Waals surface area contributed by atoms with Crippen LogP contribution in [0.3, 0.4) is 0 Å². The van der Waals surface area contributed by atoms with Gasteiger partial charge in [0.25, 0.3) is 0 Å². The number of fused-ring (bicyclic) bond motifs is 1. The Labute approximate surface area is 142 Å². The van der Waals surface area contributed by atoms with Crippen LogP contribution < -0.4 is 14.4 Å². The monoisotopic (exact) mass is 352 g/mol. The minimum absolute atomic E-state index is 0.131. The van der Waals surface area contributed by atoms with Gasteiger partial charge in [0.1, 0.15) is 17.3 Å². The van der Waals surface area contributed by atoms with Crippen LogP contribution in [0.1, 0.15) is 12.8 Å². The minimum atomic E-state index is -3.39. The first-order chi connectivity index (χ1) is 11.6. The molecule has 3 rings (SSSR count). The van der Waals surface area contributed by atoms with E-state index in [0.717, 1.165) is 6.54 Å². The van der Waals surface area contributed by atoms with Crippen molar-refractivity contribution in [1.82, 2.24) is 5.32 Å². The average molecular weight is 352 g/mol. The normalized spacial score (nSPS) is 20.2. The highest BCUT2D eigenvalue weighted by atomic mass is 32.3. The Bertz CT molecular complexity index is 714. The molecule has 7 heteroatoms. The zero-order valence-corrected chi connectivity index (χ0v) is 14.2. The Kier molecular flexibility index (Phi) is 4.96. The van der Waals surface area contributed by atoms with Gasteiger partial charge in [0, 0.05) is 6.42 Å². The molecule has 3 N–H and O–H groups in total. The fraction of sp³-hybridized carbons (Fsp3) is 0.294. The lowest BCUT2D eigenvalue weighted by molar-refractivity contribution is 0.235. The summed E-state index contributed by atoms with van der Waals surface area (Å²) in [6, 6.07) is 13.1. The van der Waals surface area contributed by atoms with Gasteiger partial charge in [-0.3, -0.25) is 9.11 Å². The zero-order valence-electron chi connectivity index (χ0n) is 13.4. The number of para-hydroxylation sites is 3. The van der Waals surface area contributed by atoms with E-state index in [-0.39, 0.29) is 5.69 Å². The van der Waals surface area contributed by atoms with E-state index in [4.69, 9.17) is 4.74 Å². The van der Waals surface area contributed by atoms with Crippen LogP contribution in [0.5, 0.6) is 5.75 Å². The molecule has 0 saturated carbocycles. The molecule has 2 aromatic carbocycles. The SMILES string of the molecule is CNCCCC1Oc2ccccc2N(c2ccccc2F)S1(O)O. The smallest absolute Gasteiger partial charge is 0.206 e. The second-order valence-corrected chi connectivity index (χ2v) is 7.58. The van der Waals surface area contributed by atoms with Crippen molar-refractivity contribution in [2.75, 3.05) is 17.9 Å². The van der Waals surface area contributed by atoms with Crippen molar-refractivity contribution in [3.05, 3.63) is 54.3 Å². The summed E-state index contributed by atoms with van der Waals surface area (Å²) in [4.78, 5) is 0. The summed E-state index contributed by atoms with van der Waals surface area (Å²) in [7, 11) is -1.56. The molecule has 24 heavy (non-hydrogen) atoms. The number of hydrogen-bond donors (Lipinski definition) is 3. The third-order valence-corrected chi connectivity index (χ3v) is 5.87. The summed E-state index contributed by atoms with van der Waals surface area (Å²) in [5, 5.41) is 3.02. The lowest BCUT2D eigenvalue weighted by atomic mass is 10.2. The van der Waals surface area contributed by atoms with E-state index in [9.17, 15) is 13.5 Å². The molecule has 0 aliphatic carbocycles. The number of anilines is 2. The number of ether oxygens (including phenoxy) is 1. The van der Waals surface area contributed by atoms with E-state index in [1.807, 2.05) is 7.05 Å². The van der Waals surface area contributed by atoms with E-state index >= 15 is 0 Å². The molecule has 0 bridgehead atoms. The van der Waals surface area contributed by atoms with Crippen molar-refractivity contribution in [3.8, 4) is 5.75 Å². The molecule has 0 amide bonds. The van der Waals surface area contributed by atoms with Crippen molar-refractivity contribution in [3.63, 3.8) is 0 Å². The van der Waals surface area contributed by atoms with Gasteiger partial charge in [-0.15, -0.1) is 0 Å². The van der Waals surface area contributed by atoms with Gasteiger partial charge in [-0.25, -0.2) is 8.70 Å². The van der Waals surface area contributed by atoms with Gasteiger partial charge < -0.3 is 10.1 Å². The first kappa shape index (κ1) is 17.0. The Morgan fingerprint density at radius 3 is 2.50 bits per heavy atom. The maximum atomic E-state index is 14.3. The number of nitrogens with zero attached hydrogens (tertiary/aromatic N) is 1. The molecule has 0 fully saturated rings. The molecule has 0 aromatic heterocycles. The Morgan fingerprint density at radius 2 is 1.79 bits per heavy atom. The quantitative estimate of drug-likeness (QED) is 0.698. The lowest BCUT2D eigenvalue weighted by Crippen LogP contribution is -2.39. The fourth-order valence-corrected chi connectivity index (χ4v) is 4.58. The molecule has 0 spiro atoms. The number of hydrogen-bond acceptors (Lipinski definition) is 5. The van der Waals surface area contributed by atoms with Crippen molar-refractivity contribution in [1.29, 1.82) is 0 Å². The zero-order chi connectivity index (χ0) is 17.2. The summed E-state index contributed by atoms with van der Waals surface area (Å²) < 4.78 is 43.2. The molecule has 0 saturated heterocycles. The number of benzene rings is 2. The van der Waals surface area contributed by atoms with E-state index in [1.165, 1.54) is 16.4 Å². The van der Waals surface area contributed by atoms with Crippen molar-refractivity contribution < 1.29 is 18.2 Å². The molecule has 130 valence electrons. The average Bonchev–Trinajstić information content (AvgIpc) is 2.56. The van der Waals surface area contributed by atoms with Gasteiger partial charge in [-0.05, 0) is 44.3 Å². The van der Waals surface area contributed by atoms with Crippen LogP contribution in [-0.4, -0.2) is 28.1 Å². The predicted molar refractivity (Wildman–Crippen MR) is 95.4 cm³/mol. The maximum Gasteiger partial charge on any atom is 0.206 e. The van der Waals surface area contributed by atoms with Gasteiger partial charge in [-0.1, -0.05) is 35.0 Å². The van der Waals surface area contributed by atoms with Crippen molar-refractivity contribution in [2.24, 2.45) is 0 Å². The third-order valence-electron chi connectivity index (χ3n) is 3.90. The van der Waals surface area contributed by atoms with E-state index < -0.39 is 22.0 Å². The standard InChI is InChI=1S/C17H21FN2O3S/c1-19-12-6-11-17-23-16-10-5-4-9-15(16)20(24(17,21)22)14-8-3-2-7-13(14)18/h2-5,7-10,17,19,21-22H,6,11-12H2,1H3. The summed E-state index contributed by atoms with van der Waals surface area (Å²) >= 11 is 0. The molecule has 1 unspecified atom stereocenters.